The molecule has 0 aromatic heterocycles. The van der Waals surface area contributed by atoms with Gasteiger partial charge in [-0.2, -0.15) is 5.26 Å². The van der Waals surface area contributed by atoms with Crippen LogP contribution < -0.4 is 5.73 Å². The maximum atomic E-state index is 14.2. The van der Waals surface area contributed by atoms with Gasteiger partial charge < -0.3 is 10.5 Å². The molecule has 1 aromatic rings. The van der Waals surface area contributed by atoms with Gasteiger partial charge >= 0.3 is 5.97 Å². The Balaban J connectivity index is 1.42. The number of rotatable bonds is 3. The maximum Gasteiger partial charge on any atom is 0.313 e. The Morgan fingerprint density at radius 2 is 1.67 bits per heavy atom. The second-order valence-corrected chi connectivity index (χ2v) is 17.6. The lowest BCUT2D eigenvalue weighted by molar-refractivity contribution is -0.184. The number of ketones is 1. The number of carbonyl (C=O) groups is 2. The van der Waals surface area contributed by atoms with Gasteiger partial charge in [-0.1, -0.05) is 87.8 Å². The molecular formula is C37H49BrN2O3. The highest BCUT2D eigenvalue weighted by Gasteiger charge is 2.71. The largest absolute Gasteiger partial charge is 0.460 e. The number of fused-ring (bicyclic) bond motifs is 7. The second kappa shape index (κ2) is 10.0. The van der Waals surface area contributed by atoms with Crippen molar-refractivity contribution in [3.05, 3.63) is 46.0 Å². The van der Waals surface area contributed by atoms with Crippen molar-refractivity contribution in [3.63, 3.8) is 0 Å². The topological polar surface area (TPSA) is 93.2 Å². The Hall–Kier alpha value is -1.97. The van der Waals surface area contributed by atoms with Crippen LogP contribution in [-0.4, -0.2) is 17.3 Å². The van der Waals surface area contributed by atoms with Gasteiger partial charge in [0.2, 0.25) is 0 Å². The molecule has 0 spiro atoms. The van der Waals surface area contributed by atoms with Gasteiger partial charge in [-0.15, -0.1) is 0 Å². The van der Waals surface area contributed by atoms with E-state index in [4.69, 9.17) is 10.5 Å². The summed E-state index contributed by atoms with van der Waals surface area (Å²) in [7, 11) is 0. The lowest BCUT2D eigenvalue weighted by atomic mass is 9.35. The first-order valence-corrected chi connectivity index (χ1v) is 17.2. The number of halogens is 1. The first kappa shape index (κ1) is 31.0. The standard InChI is InChI=1S/C37H49BrN2O3/c1-32(2)14-15-36(31(42)43-22-23-10-8-7-9-11-23)16-17-37(40)29(25(36)20-32)26(38)18-28-34(5)19-24(21-39)30(41)33(3,4)27(34)12-13-35(28,37)6/h7-11,24-25,27-28H,12-20,22,40H2,1-6H3/t24?,25?,27?,28?,34-,35+,36-,37-/m0/s1. The molecule has 8 atom stereocenters. The van der Waals surface area contributed by atoms with Gasteiger partial charge in [0.1, 0.15) is 12.5 Å². The summed E-state index contributed by atoms with van der Waals surface area (Å²) >= 11 is 4.13. The summed E-state index contributed by atoms with van der Waals surface area (Å²) in [4.78, 5) is 27.7. The number of hydrogen-bond donors (Lipinski definition) is 1. The Bertz CT molecular complexity index is 1410. The first-order chi connectivity index (χ1) is 20.1. The van der Waals surface area contributed by atoms with Crippen molar-refractivity contribution in [2.75, 3.05) is 0 Å². The normalized spacial score (nSPS) is 42.9. The molecule has 6 rings (SSSR count). The van der Waals surface area contributed by atoms with Gasteiger partial charge in [0.25, 0.3) is 0 Å². The van der Waals surface area contributed by atoms with E-state index >= 15 is 0 Å². The van der Waals surface area contributed by atoms with E-state index in [9.17, 15) is 14.9 Å². The molecular weight excluding hydrogens is 600 g/mol. The Labute approximate surface area is 266 Å². The predicted octanol–water partition coefficient (Wildman–Crippen LogP) is 8.26. The van der Waals surface area contributed by atoms with E-state index in [1.54, 1.807) is 0 Å². The van der Waals surface area contributed by atoms with Crippen molar-refractivity contribution in [3.8, 4) is 6.07 Å². The van der Waals surface area contributed by atoms with E-state index in [0.29, 0.717) is 13.0 Å². The highest BCUT2D eigenvalue weighted by molar-refractivity contribution is 9.11. The average molecular weight is 650 g/mol. The van der Waals surface area contributed by atoms with Gasteiger partial charge in [0.15, 0.2) is 5.78 Å². The second-order valence-electron chi connectivity index (χ2n) is 16.7. The minimum atomic E-state index is -0.575. The molecule has 5 aliphatic carbocycles. The number of nitrogens with two attached hydrogens (primary N) is 1. The summed E-state index contributed by atoms with van der Waals surface area (Å²) in [6.45, 7) is 13.8. The fraction of sp³-hybridized carbons (Fsp3) is 0.703. The zero-order valence-electron chi connectivity index (χ0n) is 26.9. The van der Waals surface area contributed by atoms with Crippen LogP contribution in [0.25, 0.3) is 0 Å². The van der Waals surface area contributed by atoms with Crippen molar-refractivity contribution >= 4 is 27.7 Å². The summed E-state index contributed by atoms with van der Waals surface area (Å²) in [5.41, 5.74) is 8.13. The fourth-order valence-corrected chi connectivity index (χ4v) is 12.2. The lowest BCUT2D eigenvalue weighted by Crippen LogP contribution is -2.72. The number of Topliss-reactive ketones (excluding diaryl/α,β-unsaturated/α-hetero) is 1. The molecule has 232 valence electrons. The van der Waals surface area contributed by atoms with E-state index in [0.717, 1.165) is 61.4 Å². The molecule has 0 bridgehead atoms. The Morgan fingerprint density at radius 3 is 2.35 bits per heavy atom. The van der Waals surface area contributed by atoms with Crippen molar-refractivity contribution in [2.24, 2.45) is 56.5 Å². The molecule has 6 heteroatoms. The quantitative estimate of drug-likeness (QED) is 0.333. The maximum absolute atomic E-state index is 14.2. The summed E-state index contributed by atoms with van der Waals surface area (Å²) in [5, 5.41) is 10.1. The SMILES string of the molecule is CC1(C)CC[C@]2(C(=O)OCc3ccccc3)CC[C@]3(N)C(=C(Br)CC4[C@@]5(C)CC(C#N)C(=O)C(C)(C)C5CC[C@]43C)C2C1. The van der Waals surface area contributed by atoms with E-state index in [-0.39, 0.29) is 45.8 Å². The van der Waals surface area contributed by atoms with E-state index < -0.39 is 22.3 Å². The molecule has 43 heavy (non-hydrogen) atoms. The molecule has 5 aliphatic rings. The first-order valence-electron chi connectivity index (χ1n) is 16.4. The van der Waals surface area contributed by atoms with Crippen LogP contribution >= 0.6 is 15.9 Å². The number of nitriles is 1. The summed E-state index contributed by atoms with van der Waals surface area (Å²) in [6, 6.07) is 12.3. The van der Waals surface area contributed by atoms with Gasteiger partial charge in [0.05, 0.1) is 11.5 Å². The summed E-state index contributed by atoms with van der Waals surface area (Å²) in [6.07, 6.45) is 7.53. The smallest absolute Gasteiger partial charge is 0.313 e. The monoisotopic (exact) mass is 648 g/mol. The van der Waals surface area contributed by atoms with Crippen LogP contribution in [0, 0.1) is 62.1 Å². The number of ether oxygens (including phenoxy) is 1. The molecule has 0 saturated heterocycles. The molecule has 4 fully saturated rings. The number of hydrogen-bond acceptors (Lipinski definition) is 5. The highest BCUT2D eigenvalue weighted by Crippen LogP contribution is 2.74. The van der Waals surface area contributed by atoms with Crippen molar-refractivity contribution in [2.45, 2.75) is 111 Å². The summed E-state index contributed by atoms with van der Waals surface area (Å²) in [5.74, 6) is -0.0695. The molecule has 2 N–H and O–H groups in total. The molecule has 4 saturated carbocycles. The van der Waals surface area contributed by atoms with E-state index in [1.807, 2.05) is 30.3 Å². The molecule has 0 heterocycles. The minimum absolute atomic E-state index is 0.0205. The molecule has 4 unspecified atom stereocenters. The number of benzene rings is 1. The third-order valence-corrected chi connectivity index (χ3v) is 14.5. The average Bonchev–Trinajstić information content (AvgIpc) is 2.95. The molecule has 1 aromatic carbocycles. The molecule has 0 radical (unpaired) electrons. The van der Waals surface area contributed by atoms with Crippen LogP contribution in [0.15, 0.2) is 40.4 Å². The molecule has 0 amide bonds. The Kier molecular flexibility index (Phi) is 7.23. The number of allylic oxidation sites excluding steroid dienone is 1. The van der Waals surface area contributed by atoms with Crippen LogP contribution in [0.2, 0.25) is 0 Å². The van der Waals surface area contributed by atoms with Crippen molar-refractivity contribution < 1.29 is 14.3 Å². The van der Waals surface area contributed by atoms with Crippen LogP contribution in [0.4, 0.5) is 0 Å². The number of esters is 1. The van der Waals surface area contributed by atoms with E-state index in [2.05, 4.69) is 63.5 Å². The van der Waals surface area contributed by atoms with Gasteiger partial charge in [-0.05, 0) is 107 Å². The fourth-order valence-electron chi connectivity index (χ4n) is 11.3. The molecule has 5 nitrogen and oxygen atoms in total. The minimum Gasteiger partial charge on any atom is -0.460 e. The van der Waals surface area contributed by atoms with Crippen molar-refractivity contribution in [1.29, 1.82) is 5.26 Å². The number of carbonyl (C=O) groups excluding carboxylic acids is 2. The van der Waals surface area contributed by atoms with Crippen molar-refractivity contribution in [1.82, 2.24) is 0 Å². The number of nitrogens with zero attached hydrogens (tertiary/aromatic N) is 1. The Morgan fingerprint density at radius 1 is 1.00 bits per heavy atom. The molecule has 0 aliphatic heterocycles. The van der Waals surface area contributed by atoms with Crippen LogP contribution in [0.5, 0.6) is 0 Å². The van der Waals surface area contributed by atoms with E-state index in [1.165, 1.54) is 5.57 Å². The van der Waals surface area contributed by atoms with Gasteiger partial charge in [-0.3, -0.25) is 9.59 Å². The van der Waals surface area contributed by atoms with Gasteiger partial charge in [0, 0.05) is 11.0 Å². The highest BCUT2D eigenvalue weighted by atomic mass is 79.9. The zero-order chi connectivity index (χ0) is 31.2. The zero-order valence-corrected chi connectivity index (χ0v) is 28.5. The van der Waals surface area contributed by atoms with Crippen LogP contribution in [-0.2, 0) is 20.9 Å². The summed E-state index contributed by atoms with van der Waals surface area (Å²) < 4.78 is 7.30. The lowest BCUT2D eigenvalue weighted by Gasteiger charge is -2.70. The third-order valence-electron chi connectivity index (χ3n) is 13.7. The predicted molar refractivity (Wildman–Crippen MR) is 171 cm³/mol. The third kappa shape index (κ3) is 4.30. The van der Waals surface area contributed by atoms with Crippen LogP contribution in [0.1, 0.15) is 105 Å². The van der Waals surface area contributed by atoms with Gasteiger partial charge in [-0.25, -0.2) is 0 Å². The van der Waals surface area contributed by atoms with Crippen LogP contribution in [0.3, 0.4) is 0 Å².